The number of hydrogen-bond acceptors (Lipinski definition) is 3. The lowest BCUT2D eigenvalue weighted by atomic mass is 10.3. The fourth-order valence-corrected chi connectivity index (χ4v) is 2.21. The fraction of sp³-hybridized carbons (Fsp3) is 0.467. The van der Waals surface area contributed by atoms with Gasteiger partial charge >= 0.3 is 5.97 Å². The molecule has 0 fully saturated rings. The van der Waals surface area contributed by atoms with E-state index >= 15 is 0 Å². The Morgan fingerprint density at radius 3 is 2.80 bits per heavy atom. The van der Waals surface area contributed by atoms with Crippen molar-refractivity contribution in [3.05, 3.63) is 41.5 Å². The molecule has 0 aromatic carbocycles. The topological polar surface area (TPSA) is 49.1 Å². The van der Waals surface area contributed by atoms with Gasteiger partial charge in [0.05, 0.1) is 24.5 Å². The molecule has 0 bridgehead atoms. The van der Waals surface area contributed by atoms with Gasteiger partial charge in [-0.15, -0.1) is 0 Å². The molecule has 0 radical (unpaired) electrons. The van der Waals surface area contributed by atoms with Crippen LogP contribution in [0.2, 0.25) is 0 Å². The predicted molar refractivity (Wildman–Crippen MR) is 76.8 cm³/mol. The monoisotopic (exact) mass is 275 g/mol. The highest BCUT2D eigenvalue weighted by molar-refractivity contribution is 5.87. The summed E-state index contributed by atoms with van der Waals surface area (Å²) in [7, 11) is 0. The Morgan fingerprint density at radius 2 is 2.15 bits per heavy atom. The molecule has 0 atom stereocenters. The van der Waals surface area contributed by atoms with Crippen LogP contribution < -0.4 is 0 Å². The van der Waals surface area contributed by atoms with E-state index < -0.39 is 0 Å². The van der Waals surface area contributed by atoms with Gasteiger partial charge in [0, 0.05) is 12.7 Å². The van der Waals surface area contributed by atoms with Gasteiger partial charge in [-0.05, 0) is 38.5 Å². The van der Waals surface area contributed by atoms with Crippen LogP contribution in [-0.2, 0) is 24.2 Å². The third-order valence-electron chi connectivity index (χ3n) is 3.22. The smallest absolute Gasteiger partial charge is 0.354 e. The summed E-state index contributed by atoms with van der Waals surface area (Å²) in [6, 6.07) is 5.74. The van der Waals surface area contributed by atoms with E-state index in [0.29, 0.717) is 18.8 Å². The lowest BCUT2D eigenvalue weighted by molar-refractivity contribution is 0.0514. The van der Waals surface area contributed by atoms with Crippen LogP contribution in [0.15, 0.2) is 24.4 Å². The Balaban J connectivity index is 2.24. The van der Waals surface area contributed by atoms with Crippen molar-refractivity contribution in [1.82, 2.24) is 14.3 Å². The Bertz CT molecular complexity index is 584. The van der Waals surface area contributed by atoms with Crippen molar-refractivity contribution in [2.75, 3.05) is 6.61 Å². The number of hydrogen-bond donors (Lipinski definition) is 0. The van der Waals surface area contributed by atoms with Crippen molar-refractivity contribution in [3.8, 4) is 0 Å². The Labute approximate surface area is 119 Å². The number of carbonyl (C=O) groups is 1. The lowest BCUT2D eigenvalue weighted by Crippen LogP contribution is -2.14. The average Bonchev–Trinajstić information content (AvgIpc) is 3.06. The summed E-state index contributed by atoms with van der Waals surface area (Å²) in [5.74, 6) is -0.282. The van der Waals surface area contributed by atoms with Crippen LogP contribution >= 0.6 is 0 Å². The summed E-state index contributed by atoms with van der Waals surface area (Å²) >= 11 is 0. The fourth-order valence-electron chi connectivity index (χ4n) is 2.21. The third kappa shape index (κ3) is 2.92. The number of aryl methyl sites for hydroxylation is 2. The number of esters is 1. The molecule has 0 unspecified atom stereocenters. The van der Waals surface area contributed by atoms with Crippen molar-refractivity contribution in [2.45, 2.75) is 40.3 Å². The van der Waals surface area contributed by atoms with Gasteiger partial charge in [-0.2, -0.15) is 5.10 Å². The maximum absolute atomic E-state index is 11.9. The van der Waals surface area contributed by atoms with Gasteiger partial charge in [-0.25, -0.2) is 4.79 Å². The quantitative estimate of drug-likeness (QED) is 0.761. The molecule has 2 aromatic heterocycles. The van der Waals surface area contributed by atoms with Crippen LogP contribution in [0, 0.1) is 0 Å². The zero-order valence-corrected chi connectivity index (χ0v) is 12.3. The molecule has 2 heterocycles. The van der Waals surface area contributed by atoms with Crippen molar-refractivity contribution < 1.29 is 9.53 Å². The zero-order valence-electron chi connectivity index (χ0n) is 12.3. The Kier molecular flexibility index (Phi) is 4.61. The van der Waals surface area contributed by atoms with Gasteiger partial charge in [0.2, 0.25) is 0 Å². The molecule has 0 N–H and O–H groups in total. The molecule has 0 saturated carbocycles. The minimum Gasteiger partial charge on any atom is -0.461 e. The Morgan fingerprint density at radius 1 is 1.35 bits per heavy atom. The first-order valence-electron chi connectivity index (χ1n) is 7.07. The molecular weight excluding hydrogens is 254 g/mol. The van der Waals surface area contributed by atoms with E-state index in [0.717, 1.165) is 24.4 Å². The molecule has 108 valence electrons. The second kappa shape index (κ2) is 6.41. The summed E-state index contributed by atoms with van der Waals surface area (Å²) in [4.78, 5) is 11.9. The Hall–Kier alpha value is -2.04. The SMILES string of the molecule is CCOC(=O)c1cccn1Cc1cc(CC)nn1CC. The molecule has 0 aliphatic heterocycles. The second-order valence-electron chi connectivity index (χ2n) is 4.54. The molecule has 2 aromatic rings. The van der Waals surface area contributed by atoms with Crippen LogP contribution in [0.3, 0.4) is 0 Å². The molecular formula is C15H21N3O2. The normalized spacial score (nSPS) is 10.8. The van der Waals surface area contributed by atoms with Crippen LogP contribution in [0.4, 0.5) is 0 Å². The first-order chi connectivity index (χ1) is 9.69. The van der Waals surface area contributed by atoms with Crippen molar-refractivity contribution >= 4 is 5.97 Å². The highest BCUT2D eigenvalue weighted by Crippen LogP contribution is 2.11. The van der Waals surface area contributed by atoms with Crippen LogP contribution in [0.25, 0.3) is 0 Å². The van der Waals surface area contributed by atoms with Gasteiger partial charge in [-0.3, -0.25) is 4.68 Å². The number of nitrogens with zero attached hydrogens (tertiary/aromatic N) is 3. The van der Waals surface area contributed by atoms with Gasteiger partial charge in [0.15, 0.2) is 0 Å². The number of ether oxygens (including phenoxy) is 1. The third-order valence-corrected chi connectivity index (χ3v) is 3.22. The van der Waals surface area contributed by atoms with Gasteiger partial charge in [0.1, 0.15) is 5.69 Å². The van der Waals surface area contributed by atoms with E-state index in [1.165, 1.54) is 0 Å². The van der Waals surface area contributed by atoms with Crippen LogP contribution in [0.5, 0.6) is 0 Å². The molecule has 0 spiro atoms. The van der Waals surface area contributed by atoms with E-state index in [-0.39, 0.29) is 5.97 Å². The molecule has 0 saturated heterocycles. The number of carbonyl (C=O) groups excluding carboxylic acids is 1. The molecule has 5 nitrogen and oxygen atoms in total. The molecule has 2 rings (SSSR count). The molecule has 0 amide bonds. The van der Waals surface area contributed by atoms with Crippen LogP contribution in [-0.4, -0.2) is 26.9 Å². The molecule has 20 heavy (non-hydrogen) atoms. The maximum Gasteiger partial charge on any atom is 0.354 e. The van der Waals surface area contributed by atoms with Crippen molar-refractivity contribution in [1.29, 1.82) is 0 Å². The minimum absolute atomic E-state index is 0.282. The molecule has 0 aliphatic rings. The summed E-state index contributed by atoms with van der Waals surface area (Å²) < 4.78 is 8.95. The molecule has 5 heteroatoms. The average molecular weight is 275 g/mol. The first-order valence-corrected chi connectivity index (χ1v) is 7.07. The first kappa shape index (κ1) is 14.4. The summed E-state index contributed by atoms with van der Waals surface area (Å²) in [6.45, 7) is 7.80. The van der Waals surface area contributed by atoms with E-state index in [2.05, 4.69) is 25.0 Å². The summed E-state index contributed by atoms with van der Waals surface area (Å²) in [5.41, 5.74) is 2.76. The summed E-state index contributed by atoms with van der Waals surface area (Å²) in [6.07, 6.45) is 2.81. The van der Waals surface area contributed by atoms with E-state index in [1.807, 2.05) is 28.4 Å². The van der Waals surface area contributed by atoms with E-state index in [4.69, 9.17) is 4.74 Å². The minimum atomic E-state index is -0.282. The van der Waals surface area contributed by atoms with Gasteiger partial charge in [0.25, 0.3) is 0 Å². The highest BCUT2D eigenvalue weighted by atomic mass is 16.5. The maximum atomic E-state index is 11.9. The largest absolute Gasteiger partial charge is 0.461 e. The van der Waals surface area contributed by atoms with Crippen molar-refractivity contribution in [3.63, 3.8) is 0 Å². The standard InChI is InChI=1S/C15H21N3O2/c1-4-12-10-13(18(5-2)16-12)11-17-9-7-8-14(17)15(19)20-6-3/h7-10H,4-6,11H2,1-3H3. The number of aromatic nitrogens is 3. The highest BCUT2D eigenvalue weighted by Gasteiger charge is 2.14. The summed E-state index contributed by atoms with van der Waals surface area (Å²) in [5, 5.41) is 4.53. The lowest BCUT2D eigenvalue weighted by Gasteiger charge is -2.09. The number of rotatable bonds is 6. The van der Waals surface area contributed by atoms with Crippen LogP contribution in [0.1, 0.15) is 42.6 Å². The van der Waals surface area contributed by atoms with E-state index in [1.54, 1.807) is 6.07 Å². The molecule has 0 aliphatic carbocycles. The second-order valence-corrected chi connectivity index (χ2v) is 4.54. The van der Waals surface area contributed by atoms with Crippen molar-refractivity contribution in [2.24, 2.45) is 0 Å². The van der Waals surface area contributed by atoms with Gasteiger partial charge < -0.3 is 9.30 Å². The van der Waals surface area contributed by atoms with E-state index in [9.17, 15) is 4.79 Å². The predicted octanol–water partition coefficient (Wildman–Crippen LogP) is 2.49. The van der Waals surface area contributed by atoms with Gasteiger partial charge in [-0.1, -0.05) is 6.92 Å². The zero-order chi connectivity index (χ0) is 14.5.